The van der Waals surface area contributed by atoms with Crippen molar-refractivity contribution in [3.05, 3.63) is 29.8 Å². The normalized spacial score (nSPS) is 33.3. The van der Waals surface area contributed by atoms with Crippen LogP contribution >= 0.6 is 0 Å². The lowest BCUT2D eigenvalue weighted by Gasteiger charge is -2.40. The van der Waals surface area contributed by atoms with Crippen LogP contribution in [0.1, 0.15) is 31.2 Å². The number of aryl methyl sites for hydroxylation is 1. The predicted molar refractivity (Wildman–Crippen MR) is 76.1 cm³/mol. The SMILES string of the molecule is Cc1ccc(S(=O)(=O)N2C3CCC2CC(F)(CF)C3)cc1. The molecule has 1 aromatic carbocycles. The first-order valence-electron chi connectivity index (χ1n) is 7.21. The molecule has 0 saturated carbocycles. The van der Waals surface area contributed by atoms with Crippen LogP contribution in [0.15, 0.2) is 29.2 Å². The molecule has 2 aliphatic heterocycles. The lowest BCUT2D eigenvalue weighted by Crippen LogP contribution is -2.52. The molecule has 2 saturated heterocycles. The lowest BCUT2D eigenvalue weighted by atomic mass is 9.90. The lowest BCUT2D eigenvalue weighted by molar-refractivity contribution is 0.0288. The van der Waals surface area contributed by atoms with Crippen molar-refractivity contribution in [2.24, 2.45) is 0 Å². The van der Waals surface area contributed by atoms with E-state index < -0.39 is 34.5 Å². The van der Waals surface area contributed by atoms with E-state index in [1.807, 2.05) is 6.92 Å². The second-order valence-electron chi connectivity index (χ2n) is 6.23. The monoisotopic (exact) mass is 315 g/mol. The van der Waals surface area contributed by atoms with Crippen molar-refractivity contribution >= 4 is 10.0 Å². The van der Waals surface area contributed by atoms with E-state index >= 15 is 0 Å². The molecule has 6 heteroatoms. The number of fused-ring (bicyclic) bond motifs is 2. The van der Waals surface area contributed by atoms with Crippen molar-refractivity contribution in [2.75, 3.05) is 6.67 Å². The topological polar surface area (TPSA) is 37.4 Å². The minimum atomic E-state index is -3.63. The number of sulfonamides is 1. The molecule has 2 atom stereocenters. The smallest absolute Gasteiger partial charge is 0.243 e. The molecule has 3 nitrogen and oxygen atoms in total. The molecule has 1 aromatic rings. The maximum absolute atomic E-state index is 14.3. The van der Waals surface area contributed by atoms with E-state index in [0.29, 0.717) is 12.8 Å². The highest BCUT2D eigenvalue weighted by Crippen LogP contribution is 2.45. The summed E-state index contributed by atoms with van der Waals surface area (Å²) in [5.41, 5.74) is -0.874. The van der Waals surface area contributed by atoms with Crippen molar-refractivity contribution in [2.45, 2.75) is 55.3 Å². The van der Waals surface area contributed by atoms with Gasteiger partial charge in [0.2, 0.25) is 10.0 Å². The van der Waals surface area contributed by atoms with Gasteiger partial charge >= 0.3 is 0 Å². The van der Waals surface area contributed by atoms with E-state index in [1.165, 1.54) is 4.31 Å². The maximum Gasteiger partial charge on any atom is 0.243 e. The summed E-state index contributed by atoms with van der Waals surface area (Å²) in [6, 6.07) is 5.82. The molecule has 0 aliphatic carbocycles. The van der Waals surface area contributed by atoms with Gasteiger partial charge in [0, 0.05) is 24.9 Å². The first-order valence-corrected chi connectivity index (χ1v) is 8.65. The zero-order valence-electron chi connectivity index (χ0n) is 11.9. The van der Waals surface area contributed by atoms with Crippen molar-refractivity contribution in [3.8, 4) is 0 Å². The summed E-state index contributed by atoms with van der Waals surface area (Å²) in [4.78, 5) is 0.233. The molecule has 0 radical (unpaired) electrons. The summed E-state index contributed by atoms with van der Waals surface area (Å²) in [7, 11) is -3.63. The molecule has 21 heavy (non-hydrogen) atoms. The molecule has 3 rings (SSSR count). The van der Waals surface area contributed by atoms with E-state index in [4.69, 9.17) is 0 Å². The molecule has 2 aliphatic rings. The van der Waals surface area contributed by atoms with Crippen LogP contribution in [0.2, 0.25) is 0 Å². The summed E-state index contributed by atoms with van der Waals surface area (Å²) in [5, 5.41) is 0. The highest BCUT2D eigenvalue weighted by molar-refractivity contribution is 7.89. The molecule has 2 heterocycles. The number of benzene rings is 1. The molecule has 2 bridgehead atoms. The van der Waals surface area contributed by atoms with Crippen LogP contribution in [0.3, 0.4) is 0 Å². The van der Waals surface area contributed by atoms with Gasteiger partial charge in [-0.3, -0.25) is 0 Å². The predicted octanol–water partition coefficient (Wildman–Crippen LogP) is 2.99. The molecule has 0 aromatic heterocycles. The Morgan fingerprint density at radius 2 is 1.71 bits per heavy atom. The minimum absolute atomic E-state index is 0.0366. The highest BCUT2D eigenvalue weighted by atomic mass is 32.2. The van der Waals surface area contributed by atoms with Crippen molar-refractivity contribution in [3.63, 3.8) is 0 Å². The van der Waals surface area contributed by atoms with E-state index in [0.717, 1.165) is 5.56 Å². The Morgan fingerprint density at radius 3 is 2.19 bits per heavy atom. The number of hydrogen-bond donors (Lipinski definition) is 0. The van der Waals surface area contributed by atoms with Gasteiger partial charge < -0.3 is 0 Å². The second kappa shape index (κ2) is 5.02. The first-order chi connectivity index (χ1) is 9.86. The number of hydrogen-bond acceptors (Lipinski definition) is 2. The van der Waals surface area contributed by atoms with Gasteiger partial charge in [-0.15, -0.1) is 0 Å². The molecule has 116 valence electrons. The fraction of sp³-hybridized carbons (Fsp3) is 0.600. The maximum atomic E-state index is 14.3. The van der Waals surface area contributed by atoms with E-state index in [1.54, 1.807) is 24.3 Å². The van der Waals surface area contributed by atoms with Crippen LogP contribution in [-0.4, -0.2) is 37.2 Å². The summed E-state index contributed by atoms with van der Waals surface area (Å²) in [6.45, 7) is 0.859. The van der Waals surface area contributed by atoms with Crippen LogP contribution in [0.25, 0.3) is 0 Å². The Morgan fingerprint density at radius 1 is 1.19 bits per heavy atom. The Hall–Kier alpha value is -1.01. The average molecular weight is 315 g/mol. The molecular weight excluding hydrogens is 296 g/mol. The fourth-order valence-electron chi connectivity index (χ4n) is 3.58. The van der Waals surface area contributed by atoms with E-state index in [-0.39, 0.29) is 17.7 Å². The number of rotatable bonds is 3. The Bertz CT molecular complexity index is 616. The summed E-state index contributed by atoms with van der Waals surface area (Å²) >= 11 is 0. The Kier molecular flexibility index (Phi) is 3.56. The van der Waals surface area contributed by atoms with Crippen LogP contribution in [0.4, 0.5) is 8.78 Å². The standard InChI is InChI=1S/C15H19F2NO2S/c1-11-2-6-14(7-3-11)21(19,20)18-12-4-5-13(18)9-15(17,8-12)10-16/h2-3,6-7,12-13H,4-5,8-10H2,1H3. The molecule has 2 unspecified atom stereocenters. The van der Waals surface area contributed by atoms with Crippen molar-refractivity contribution < 1.29 is 17.2 Å². The third kappa shape index (κ3) is 2.48. The zero-order chi connectivity index (χ0) is 15.3. The van der Waals surface area contributed by atoms with Gasteiger partial charge in [0.15, 0.2) is 0 Å². The van der Waals surface area contributed by atoms with Gasteiger partial charge in [-0.2, -0.15) is 4.31 Å². The number of halogens is 2. The minimum Gasteiger partial charge on any atom is -0.248 e. The van der Waals surface area contributed by atoms with E-state index in [9.17, 15) is 17.2 Å². The van der Waals surface area contributed by atoms with Gasteiger partial charge in [0.05, 0.1) is 4.90 Å². The average Bonchev–Trinajstić information content (AvgIpc) is 2.74. The van der Waals surface area contributed by atoms with Crippen LogP contribution in [0.5, 0.6) is 0 Å². The summed E-state index contributed by atoms with van der Waals surface area (Å²) in [6.07, 6.45) is 1.15. The first kappa shape index (κ1) is 14.9. The van der Waals surface area contributed by atoms with Crippen LogP contribution < -0.4 is 0 Å². The highest BCUT2D eigenvalue weighted by Gasteiger charge is 2.53. The van der Waals surface area contributed by atoms with Gasteiger partial charge in [-0.25, -0.2) is 17.2 Å². The van der Waals surface area contributed by atoms with Crippen LogP contribution in [0, 0.1) is 6.92 Å². The molecule has 0 spiro atoms. The molecule has 0 amide bonds. The fourth-order valence-corrected chi connectivity index (χ4v) is 5.45. The molecular formula is C15H19F2NO2S. The Labute approximate surface area is 124 Å². The van der Waals surface area contributed by atoms with E-state index in [2.05, 4.69) is 0 Å². The Balaban J connectivity index is 1.93. The number of piperidine rings is 1. The quantitative estimate of drug-likeness (QED) is 0.860. The third-order valence-corrected chi connectivity index (χ3v) is 6.61. The summed E-state index contributed by atoms with van der Waals surface area (Å²) in [5.74, 6) is 0. The van der Waals surface area contributed by atoms with Gasteiger partial charge in [-0.1, -0.05) is 17.7 Å². The van der Waals surface area contributed by atoms with Crippen LogP contribution in [-0.2, 0) is 10.0 Å². The van der Waals surface area contributed by atoms with Gasteiger partial charge in [0.1, 0.15) is 12.3 Å². The van der Waals surface area contributed by atoms with Gasteiger partial charge in [-0.05, 0) is 31.9 Å². The van der Waals surface area contributed by atoms with Crippen molar-refractivity contribution in [1.29, 1.82) is 0 Å². The molecule has 2 fully saturated rings. The summed E-state index contributed by atoms with van der Waals surface area (Å²) < 4.78 is 54.1. The largest absolute Gasteiger partial charge is 0.248 e. The van der Waals surface area contributed by atoms with Crippen molar-refractivity contribution in [1.82, 2.24) is 4.31 Å². The number of nitrogens with zero attached hydrogens (tertiary/aromatic N) is 1. The second-order valence-corrected chi connectivity index (χ2v) is 8.07. The van der Waals surface area contributed by atoms with Gasteiger partial charge in [0.25, 0.3) is 0 Å². The third-order valence-electron chi connectivity index (χ3n) is 4.59. The number of alkyl halides is 2. The molecule has 0 N–H and O–H groups in total. The zero-order valence-corrected chi connectivity index (χ0v) is 12.7.